The minimum atomic E-state index is -1.11. The van der Waals surface area contributed by atoms with Crippen molar-refractivity contribution in [3.05, 3.63) is 60.1 Å². The second-order valence-electron chi connectivity index (χ2n) is 5.73. The molecule has 0 aliphatic rings. The van der Waals surface area contributed by atoms with Gasteiger partial charge in [-0.25, -0.2) is 14.6 Å². The molecule has 3 aromatic rings. The van der Waals surface area contributed by atoms with Crippen molar-refractivity contribution in [1.29, 1.82) is 0 Å². The van der Waals surface area contributed by atoms with E-state index in [1.54, 1.807) is 67.3 Å². The van der Waals surface area contributed by atoms with Crippen molar-refractivity contribution in [2.75, 3.05) is 5.32 Å². The number of ether oxygens (including phenoxy) is 1. The van der Waals surface area contributed by atoms with Gasteiger partial charge in [-0.15, -0.1) is 0 Å². The largest absolute Gasteiger partial charge is 0.478 e. The fourth-order valence-electron chi connectivity index (χ4n) is 2.06. The summed E-state index contributed by atoms with van der Waals surface area (Å²) in [5.41, 5.74) is -1.11. The summed E-state index contributed by atoms with van der Waals surface area (Å²) in [5.74, 6) is 1.11. The first-order chi connectivity index (χ1) is 11.9. The number of carbonyl (C=O) groups excluding carboxylic acids is 1. The molecule has 0 spiro atoms. The van der Waals surface area contributed by atoms with Crippen molar-refractivity contribution < 1.29 is 9.53 Å². The molecule has 2 aromatic heterocycles. The quantitative estimate of drug-likeness (QED) is 0.758. The summed E-state index contributed by atoms with van der Waals surface area (Å²) in [4.78, 5) is 20.7. The van der Waals surface area contributed by atoms with Crippen LogP contribution in [0.2, 0.25) is 5.02 Å². The van der Waals surface area contributed by atoms with Crippen LogP contribution in [-0.4, -0.2) is 31.3 Å². The van der Waals surface area contributed by atoms with Gasteiger partial charge in [0.15, 0.2) is 11.4 Å². The van der Waals surface area contributed by atoms with Crippen molar-refractivity contribution in [3.8, 4) is 11.6 Å². The van der Waals surface area contributed by atoms with E-state index in [4.69, 9.17) is 16.3 Å². The number of halogens is 1. The Balaban J connectivity index is 1.72. The van der Waals surface area contributed by atoms with Gasteiger partial charge in [0, 0.05) is 23.5 Å². The molecule has 3 rings (SSSR count). The third kappa shape index (κ3) is 4.13. The van der Waals surface area contributed by atoms with Crippen LogP contribution in [-0.2, 0) is 4.79 Å². The molecular weight excluding hydrogens is 342 g/mol. The number of carbonyl (C=O) groups is 1. The highest BCUT2D eigenvalue weighted by Gasteiger charge is 2.30. The first-order valence-corrected chi connectivity index (χ1v) is 7.90. The Morgan fingerprint density at radius 1 is 1.24 bits per heavy atom. The predicted molar refractivity (Wildman–Crippen MR) is 93.9 cm³/mol. The van der Waals surface area contributed by atoms with Gasteiger partial charge in [0.2, 0.25) is 0 Å². The maximum absolute atomic E-state index is 12.6. The molecule has 0 saturated heterocycles. The maximum Gasteiger partial charge on any atom is 0.269 e. The van der Waals surface area contributed by atoms with E-state index in [1.807, 2.05) is 0 Å². The highest BCUT2D eigenvalue weighted by molar-refractivity contribution is 6.30. The van der Waals surface area contributed by atoms with Crippen molar-refractivity contribution >= 4 is 23.3 Å². The van der Waals surface area contributed by atoms with E-state index < -0.39 is 5.60 Å². The smallest absolute Gasteiger partial charge is 0.269 e. The average Bonchev–Trinajstić information content (AvgIpc) is 3.11. The van der Waals surface area contributed by atoms with Crippen LogP contribution >= 0.6 is 11.6 Å². The number of benzene rings is 1. The fraction of sp³-hybridized carbons (Fsp3) is 0.176. The second kappa shape index (κ2) is 6.90. The lowest BCUT2D eigenvalue weighted by Crippen LogP contribution is -2.42. The first-order valence-electron chi connectivity index (χ1n) is 7.52. The lowest BCUT2D eigenvalue weighted by molar-refractivity contribution is -0.128. The van der Waals surface area contributed by atoms with Crippen molar-refractivity contribution in [2.24, 2.45) is 0 Å². The maximum atomic E-state index is 12.6. The molecule has 1 aromatic carbocycles. The topological polar surface area (TPSA) is 81.9 Å². The van der Waals surface area contributed by atoms with Crippen LogP contribution in [0.25, 0.3) is 5.82 Å². The minimum absolute atomic E-state index is 0.340. The minimum Gasteiger partial charge on any atom is -0.478 e. The van der Waals surface area contributed by atoms with Crippen molar-refractivity contribution in [1.82, 2.24) is 19.7 Å². The Morgan fingerprint density at radius 3 is 2.68 bits per heavy atom. The Hall–Kier alpha value is -2.93. The van der Waals surface area contributed by atoms with E-state index in [1.165, 1.54) is 6.33 Å². The number of nitrogens with one attached hydrogen (secondary N) is 1. The molecule has 0 aliphatic carbocycles. The van der Waals surface area contributed by atoms with E-state index in [2.05, 4.69) is 20.4 Å². The molecule has 0 saturated carbocycles. The van der Waals surface area contributed by atoms with Gasteiger partial charge in [-0.1, -0.05) is 11.6 Å². The van der Waals surface area contributed by atoms with E-state index in [9.17, 15) is 4.79 Å². The summed E-state index contributed by atoms with van der Waals surface area (Å²) >= 11 is 5.85. The monoisotopic (exact) mass is 357 g/mol. The molecule has 2 heterocycles. The summed E-state index contributed by atoms with van der Waals surface area (Å²) in [5, 5.41) is 7.43. The predicted octanol–water partition coefficient (Wildman–Crippen LogP) is 3.11. The summed E-state index contributed by atoms with van der Waals surface area (Å²) in [6.07, 6.45) is 4.75. The van der Waals surface area contributed by atoms with Crippen LogP contribution in [0.1, 0.15) is 13.8 Å². The molecule has 0 fully saturated rings. The lowest BCUT2D eigenvalue weighted by Gasteiger charge is -2.25. The number of rotatable bonds is 5. The third-order valence-corrected chi connectivity index (χ3v) is 3.62. The highest BCUT2D eigenvalue weighted by atomic mass is 35.5. The normalized spacial score (nSPS) is 11.2. The van der Waals surface area contributed by atoms with Gasteiger partial charge >= 0.3 is 0 Å². The van der Waals surface area contributed by atoms with Gasteiger partial charge < -0.3 is 10.1 Å². The molecule has 0 bridgehead atoms. The molecule has 128 valence electrons. The summed E-state index contributed by atoms with van der Waals surface area (Å²) < 4.78 is 7.34. The zero-order valence-corrected chi connectivity index (χ0v) is 14.4. The van der Waals surface area contributed by atoms with Gasteiger partial charge in [-0.2, -0.15) is 5.10 Å². The van der Waals surface area contributed by atoms with Crippen LogP contribution in [0.5, 0.6) is 5.75 Å². The molecule has 7 nitrogen and oxygen atoms in total. The second-order valence-corrected chi connectivity index (χ2v) is 6.17. The molecule has 0 radical (unpaired) electrons. The Bertz CT molecular complexity index is 863. The third-order valence-electron chi connectivity index (χ3n) is 3.37. The number of hydrogen-bond donors (Lipinski definition) is 1. The average molecular weight is 358 g/mol. The molecule has 25 heavy (non-hydrogen) atoms. The van der Waals surface area contributed by atoms with E-state index in [-0.39, 0.29) is 5.91 Å². The Labute approximate surface area is 149 Å². The van der Waals surface area contributed by atoms with E-state index in [0.717, 1.165) is 0 Å². The zero-order valence-electron chi connectivity index (χ0n) is 13.7. The van der Waals surface area contributed by atoms with Gasteiger partial charge in [0.1, 0.15) is 17.9 Å². The van der Waals surface area contributed by atoms with Crippen LogP contribution in [0.15, 0.2) is 55.1 Å². The van der Waals surface area contributed by atoms with Gasteiger partial charge in [-0.05, 0) is 44.2 Å². The first kappa shape index (κ1) is 16.9. The highest BCUT2D eigenvalue weighted by Crippen LogP contribution is 2.22. The van der Waals surface area contributed by atoms with Gasteiger partial charge in [0.05, 0.1) is 0 Å². The van der Waals surface area contributed by atoms with Gasteiger partial charge in [-0.3, -0.25) is 4.79 Å². The van der Waals surface area contributed by atoms with Crippen molar-refractivity contribution in [2.45, 2.75) is 19.4 Å². The zero-order chi connectivity index (χ0) is 17.9. The molecule has 1 amide bonds. The van der Waals surface area contributed by atoms with Crippen LogP contribution in [0, 0.1) is 0 Å². The summed E-state index contributed by atoms with van der Waals surface area (Å²) in [6.45, 7) is 3.35. The Kier molecular flexibility index (Phi) is 4.67. The molecular formula is C17H16ClN5O2. The number of amides is 1. The summed E-state index contributed by atoms with van der Waals surface area (Å²) in [6, 6.07) is 10.2. The van der Waals surface area contributed by atoms with Crippen LogP contribution in [0.3, 0.4) is 0 Å². The fourth-order valence-corrected chi connectivity index (χ4v) is 2.18. The molecule has 1 N–H and O–H groups in total. The number of nitrogens with zero attached hydrogens (tertiary/aromatic N) is 4. The van der Waals surface area contributed by atoms with Gasteiger partial charge in [0.25, 0.3) is 5.91 Å². The Morgan fingerprint density at radius 2 is 2.00 bits per heavy atom. The van der Waals surface area contributed by atoms with E-state index in [0.29, 0.717) is 22.4 Å². The summed E-state index contributed by atoms with van der Waals surface area (Å²) in [7, 11) is 0. The molecule has 8 heteroatoms. The molecule has 0 unspecified atom stereocenters. The van der Waals surface area contributed by atoms with Crippen LogP contribution < -0.4 is 10.1 Å². The number of anilines is 1. The molecule has 0 aliphatic heterocycles. The lowest BCUT2D eigenvalue weighted by atomic mass is 10.1. The standard InChI is InChI=1S/C17H16ClN5O2/c1-17(2,25-13-6-4-12(18)5-7-13)16(24)22-14-10-15(20-11-19-14)23-9-3-8-21-23/h3-11H,1-2H3,(H,19,20,22,24). The SMILES string of the molecule is CC(C)(Oc1ccc(Cl)cc1)C(=O)Nc1cc(-n2cccn2)ncn1. The number of aromatic nitrogens is 4. The number of hydrogen-bond acceptors (Lipinski definition) is 5. The van der Waals surface area contributed by atoms with Crippen LogP contribution in [0.4, 0.5) is 5.82 Å². The van der Waals surface area contributed by atoms with Crippen molar-refractivity contribution in [3.63, 3.8) is 0 Å². The van der Waals surface area contributed by atoms with E-state index >= 15 is 0 Å². The molecule has 0 atom stereocenters.